The standard InChI is InChI=1S/C22H20ClN3OS/c1-13-3-5-15(6-4-13)22-26-14(2)20(28-22)21(27)24-10-9-16-12-25-19-8-7-17(23)11-18(16)19/h3-8,11-12,25H,9-10H2,1-2H3,(H,24,27). The number of hydrogen-bond acceptors (Lipinski definition) is 3. The molecule has 0 spiro atoms. The fourth-order valence-electron chi connectivity index (χ4n) is 3.18. The Labute approximate surface area is 172 Å². The molecule has 6 heteroatoms. The molecule has 4 rings (SSSR count). The largest absolute Gasteiger partial charge is 0.361 e. The lowest BCUT2D eigenvalue weighted by molar-refractivity contribution is 0.0957. The predicted octanol–water partition coefficient (Wildman–Crippen LogP) is 5.53. The highest BCUT2D eigenvalue weighted by atomic mass is 35.5. The minimum atomic E-state index is -0.0776. The molecule has 28 heavy (non-hydrogen) atoms. The molecule has 0 unspecified atom stereocenters. The van der Waals surface area contributed by atoms with Gasteiger partial charge in [-0.1, -0.05) is 41.4 Å². The summed E-state index contributed by atoms with van der Waals surface area (Å²) in [6.45, 7) is 4.48. The lowest BCUT2D eigenvalue weighted by Crippen LogP contribution is -2.25. The van der Waals surface area contributed by atoms with Crippen molar-refractivity contribution >= 4 is 39.7 Å². The summed E-state index contributed by atoms with van der Waals surface area (Å²) in [5.41, 5.74) is 5.19. The molecule has 0 aliphatic heterocycles. The SMILES string of the molecule is Cc1ccc(-c2nc(C)c(C(=O)NCCc3c[nH]c4ccc(Cl)cc34)s2)cc1. The van der Waals surface area contributed by atoms with E-state index in [1.165, 1.54) is 16.9 Å². The van der Waals surface area contributed by atoms with Gasteiger partial charge in [0, 0.05) is 34.2 Å². The van der Waals surface area contributed by atoms with Gasteiger partial charge in [0.15, 0.2) is 0 Å². The summed E-state index contributed by atoms with van der Waals surface area (Å²) in [5, 5.41) is 5.69. The second-order valence-corrected chi connectivity index (χ2v) is 8.24. The number of fused-ring (bicyclic) bond motifs is 1. The van der Waals surface area contributed by atoms with Crippen molar-refractivity contribution in [3.8, 4) is 10.6 Å². The van der Waals surface area contributed by atoms with Gasteiger partial charge in [-0.15, -0.1) is 11.3 Å². The first-order valence-electron chi connectivity index (χ1n) is 9.09. The lowest BCUT2D eigenvalue weighted by Gasteiger charge is -2.04. The average molecular weight is 410 g/mol. The average Bonchev–Trinajstić information content (AvgIpc) is 3.26. The molecule has 2 heterocycles. The van der Waals surface area contributed by atoms with Gasteiger partial charge in [0.2, 0.25) is 0 Å². The molecular weight excluding hydrogens is 390 g/mol. The number of benzene rings is 2. The Hall–Kier alpha value is -2.63. The van der Waals surface area contributed by atoms with Crippen LogP contribution < -0.4 is 5.32 Å². The van der Waals surface area contributed by atoms with Gasteiger partial charge in [-0.2, -0.15) is 0 Å². The van der Waals surface area contributed by atoms with Crippen molar-refractivity contribution in [2.75, 3.05) is 6.54 Å². The Morgan fingerprint density at radius 1 is 1.18 bits per heavy atom. The monoisotopic (exact) mass is 409 g/mol. The number of rotatable bonds is 5. The Kier molecular flexibility index (Phi) is 5.20. The van der Waals surface area contributed by atoms with Gasteiger partial charge in [-0.25, -0.2) is 4.98 Å². The molecule has 2 aromatic carbocycles. The number of aryl methyl sites for hydroxylation is 2. The zero-order chi connectivity index (χ0) is 19.7. The van der Waals surface area contributed by atoms with Crippen molar-refractivity contribution in [2.45, 2.75) is 20.3 Å². The summed E-state index contributed by atoms with van der Waals surface area (Å²) < 4.78 is 0. The molecule has 4 aromatic rings. The second kappa shape index (κ2) is 7.78. The third-order valence-corrected chi connectivity index (χ3v) is 6.15. The van der Waals surface area contributed by atoms with Gasteiger partial charge in [0.1, 0.15) is 9.88 Å². The second-order valence-electron chi connectivity index (χ2n) is 6.81. The number of hydrogen-bond donors (Lipinski definition) is 2. The van der Waals surface area contributed by atoms with E-state index in [4.69, 9.17) is 11.6 Å². The minimum absolute atomic E-state index is 0.0776. The van der Waals surface area contributed by atoms with Gasteiger partial charge < -0.3 is 10.3 Å². The first kappa shape index (κ1) is 18.7. The minimum Gasteiger partial charge on any atom is -0.361 e. The van der Waals surface area contributed by atoms with Crippen molar-refractivity contribution in [3.05, 3.63) is 75.4 Å². The van der Waals surface area contributed by atoms with Crippen LogP contribution in [-0.4, -0.2) is 22.4 Å². The fourth-order valence-corrected chi connectivity index (χ4v) is 4.34. The van der Waals surface area contributed by atoms with Gasteiger partial charge >= 0.3 is 0 Å². The van der Waals surface area contributed by atoms with E-state index >= 15 is 0 Å². The smallest absolute Gasteiger partial charge is 0.263 e. The van der Waals surface area contributed by atoms with Crippen LogP contribution in [0.1, 0.15) is 26.5 Å². The molecule has 0 atom stereocenters. The molecule has 0 radical (unpaired) electrons. The number of halogens is 1. The number of thiazole rings is 1. The van der Waals surface area contributed by atoms with Crippen molar-refractivity contribution in [1.82, 2.24) is 15.3 Å². The summed E-state index contributed by atoms with van der Waals surface area (Å²) in [7, 11) is 0. The van der Waals surface area contributed by atoms with Crippen molar-refractivity contribution in [2.24, 2.45) is 0 Å². The molecule has 0 bridgehead atoms. The van der Waals surface area contributed by atoms with E-state index in [1.807, 2.05) is 43.5 Å². The Bertz CT molecular complexity index is 1140. The van der Waals surface area contributed by atoms with E-state index in [1.54, 1.807) is 0 Å². The van der Waals surface area contributed by atoms with Crippen LogP contribution in [0.5, 0.6) is 0 Å². The topological polar surface area (TPSA) is 57.8 Å². The molecular formula is C22H20ClN3OS. The summed E-state index contributed by atoms with van der Waals surface area (Å²) >= 11 is 7.53. The molecule has 1 amide bonds. The molecule has 0 aliphatic carbocycles. The summed E-state index contributed by atoms with van der Waals surface area (Å²) in [6.07, 6.45) is 2.70. The number of nitrogens with zero attached hydrogens (tertiary/aromatic N) is 1. The summed E-state index contributed by atoms with van der Waals surface area (Å²) in [5.74, 6) is -0.0776. The van der Waals surface area contributed by atoms with Crippen LogP contribution >= 0.6 is 22.9 Å². The van der Waals surface area contributed by atoms with Crippen LogP contribution in [0, 0.1) is 13.8 Å². The number of carbonyl (C=O) groups excluding carboxylic acids is 1. The van der Waals surface area contributed by atoms with Crippen LogP contribution in [0.4, 0.5) is 0 Å². The maximum absolute atomic E-state index is 12.6. The van der Waals surface area contributed by atoms with E-state index in [2.05, 4.69) is 34.3 Å². The highest BCUT2D eigenvalue weighted by Gasteiger charge is 2.16. The van der Waals surface area contributed by atoms with Crippen molar-refractivity contribution < 1.29 is 4.79 Å². The number of amides is 1. The van der Waals surface area contributed by atoms with E-state index in [-0.39, 0.29) is 5.91 Å². The van der Waals surface area contributed by atoms with Crippen molar-refractivity contribution in [3.63, 3.8) is 0 Å². The molecule has 0 aliphatic rings. The third kappa shape index (κ3) is 3.81. The van der Waals surface area contributed by atoms with E-state index in [0.29, 0.717) is 16.4 Å². The number of aromatic amines is 1. The van der Waals surface area contributed by atoms with Crippen LogP contribution in [-0.2, 0) is 6.42 Å². The van der Waals surface area contributed by atoms with E-state index < -0.39 is 0 Å². The number of nitrogens with one attached hydrogen (secondary N) is 2. The van der Waals surface area contributed by atoms with Crippen LogP contribution in [0.3, 0.4) is 0 Å². The quantitative estimate of drug-likeness (QED) is 0.455. The Balaban J connectivity index is 1.44. The zero-order valence-corrected chi connectivity index (χ0v) is 17.2. The Morgan fingerprint density at radius 3 is 2.75 bits per heavy atom. The van der Waals surface area contributed by atoms with E-state index in [0.717, 1.165) is 39.2 Å². The summed E-state index contributed by atoms with van der Waals surface area (Å²) in [4.78, 5) is 21.1. The van der Waals surface area contributed by atoms with Gasteiger partial charge in [-0.3, -0.25) is 4.79 Å². The molecule has 0 fully saturated rings. The van der Waals surface area contributed by atoms with Gasteiger partial charge in [0.25, 0.3) is 5.91 Å². The number of aromatic nitrogens is 2. The molecule has 4 nitrogen and oxygen atoms in total. The zero-order valence-electron chi connectivity index (χ0n) is 15.7. The third-order valence-electron chi connectivity index (χ3n) is 4.71. The van der Waals surface area contributed by atoms with Crippen molar-refractivity contribution in [1.29, 1.82) is 0 Å². The molecule has 0 saturated heterocycles. The molecule has 0 saturated carbocycles. The first-order valence-corrected chi connectivity index (χ1v) is 10.3. The van der Waals surface area contributed by atoms with E-state index in [9.17, 15) is 4.79 Å². The highest BCUT2D eigenvalue weighted by Crippen LogP contribution is 2.28. The fraction of sp³-hybridized carbons (Fsp3) is 0.182. The Morgan fingerprint density at radius 2 is 1.96 bits per heavy atom. The van der Waals surface area contributed by atoms with Gasteiger partial charge in [-0.05, 0) is 44.0 Å². The molecule has 142 valence electrons. The maximum Gasteiger partial charge on any atom is 0.263 e. The maximum atomic E-state index is 12.6. The van der Waals surface area contributed by atoms with Crippen LogP contribution in [0.15, 0.2) is 48.7 Å². The lowest BCUT2D eigenvalue weighted by atomic mass is 10.1. The predicted molar refractivity (Wildman–Crippen MR) is 116 cm³/mol. The van der Waals surface area contributed by atoms with Crippen LogP contribution in [0.25, 0.3) is 21.5 Å². The molecule has 2 aromatic heterocycles. The highest BCUT2D eigenvalue weighted by molar-refractivity contribution is 7.17. The number of H-pyrrole nitrogens is 1. The molecule has 2 N–H and O–H groups in total. The first-order chi connectivity index (χ1) is 13.5. The normalized spacial score (nSPS) is 11.1. The summed E-state index contributed by atoms with van der Waals surface area (Å²) in [6, 6.07) is 14.0. The van der Waals surface area contributed by atoms with Crippen LogP contribution in [0.2, 0.25) is 5.02 Å². The number of carbonyl (C=O) groups is 1. The van der Waals surface area contributed by atoms with Gasteiger partial charge in [0.05, 0.1) is 5.69 Å².